The number of carbonyl (C=O) groups is 2. The molecule has 2 aromatic carbocycles. The van der Waals surface area contributed by atoms with Crippen LogP contribution in [0.15, 0.2) is 54.6 Å². The van der Waals surface area contributed by atoms with Gasteiger partial charge in [0.15, 0.2) is 0 Å². The van der Waals surface area contributed by atoms with E-state index in [4.69, 9.17) is 27.4 Å². The second-order valence-electron chi connectivity index (χ2n) is 5.52. The van der Waals surface area contributed by atoms with Gasteiger partial charge in [-0.3, -0.25) is 9.59 Å². The number of carboxylic acids is 2. The summed E-state index contributed by atoms with van der Waals surface area (Å²) in [5.74, 6) is -1.95. The van der Waals surface area contributed by atoms with Crippen LogP contribution in [0.5, 0.6) is 0 Å². The van der Waals surface area contributed by atoms with E-state index in [-0.39, 0.29) is 0 Å². The van der Waals surface area contributed by atoms with E-state index < -0.39 is 24.0 Å². The first-order valence-electron chi connectivity index (χ1n) is 7.64. The van der Waals surface area contributed by atoms with Crippen molar-refractivity contribution < 1.29 is 19.8 Å². The fourth-order valence-electron chi connectivity index (χ4n) is 1.95. The third-order valence-corrected chi connectivity index (χ3v) is 3.37. The second-order valence-corrected chi connectivity index (χ2v) is 5.52. The fraction of sp³-hybridized carbons (Fsp3) is 0.222. The predicted molar refractivity (Wildman–Crippen MR) is 95.9 cm³/mol. The van der Waals surface area contributed by atoms with Crippen molar-refractivity contribution >= 4 is 17.6 Å². The van der Waals surface area contributed by atoms with E-state index in [2.05, 4.69) is 0 Å². The van der Waals surface area contributed by atoms with Crippen molar-refractivity contribution in [1.29, 1.82) is 0 Å². The first-order valence-corrected chi connectivity index (χ1v) is 7.64. The molecule has 0 amide bonds. The van der Waals surface area contributed by atoms with Gasteiger partial charge in [-0.25, -0.2) is 0 Å². The van der Waals surface area contributed by atoms with Gasteiger partial charge in [-0.1, -0.05) is 42.5 Å². The molecule has 8 N–H and O–H groups in total. The van der Waals surface area contributed by atoms with Crippen LogP contribution >= 0.6 is 0 Å². The number of anilines is 1. The highest BCUT2D eigenvalue weighted by atomic mass is 16.4. The third kappa shape index (κ3) is 7.96. The van der Waals surface area contributed by atoms with Gasteiger partial charge in [0.25, 0.3) is 0 Å². The van der Waals surface area contributed by atoms with Crippen molar-refractivity contribution in [3.8, 4) is 0 Å². The largest absolute Gasteiger partial charge is 0.480 e. The second kappa shape index (κ2) is 10.1. The van der Waals surface area contributed by atoms with Crippen molar-refractivity contribution in [1.82, 2.24) is 0 Å². The zero-order chi connectivity index (χ0) is 18.8. The maximum atomic E-state index is 10.4. The lowest BCUT2D eigenvalue weighted by Crippen LogP contribution is -2.32. The Kier molecular flexibility index (Phi) is 8.11. The van der Waals surface area contributed by atoms with Gasteiger partial charge in [0, 0.05) is 5.69 Å². The first kappa shape index (κ1) is 20.1. The van der Waals surface area contributed by atoms with Crippen LogP contribution in [0.25, 0.3) is 0 Å². The van der Waals surface area contributed by atoms with E-state index >= 15 is 0 Å². The molecule has 0 aromatic heterocycles. The molecule has 134 valence electrons. The molecule has 0 aliphatic carbocycles. The Morgan fingerprint density at radius 2 is 1.16 bits per heavy atom. The van der Waals surface area contributed by atoms with Crippen molar-refractivity contribution in [2.24, 2.45) is 11.5 Å². The zero-order valence-electron chi connectivity index (χ0n) is 13.7. The molecule has 0 unspecified atom stereocenters. The third-order valence-electron chi connectivity index (χ3n) is 3.37. The van der Waals surface area contributed by atoms with Crippen LogP contribution in [-0.4, -0.2) is 34.2 Å². The summed E-state index contributed by atoms with van der Waals surface area (Å²) in [7, 11) is 0. The van der Waals surface area contributed by atoms with Gasteiger partial charge in [0.05, 0.1) is 0 Å². The molecule has 0 bridgehead atoms. The number of carboxylic acid groups (broad SMARTS) is 2. The van der Waals surface area contributed by atoms with Gasteiger partial charge in [0.2, 0.25) is 0 Å². The highest BCUT2D eigenvalue weighted by Crippen LogP contribution is 2.07. The summed E-state index contributed by atoms with van der Waals surface area (Å²) >= 11 is 0. The Morgan fingerprint density at radius 3 is 1.56 bits per heavy atom. The minimum absolute atomic E-state index is 0.329. The Bertz CT molecular complexity index is 674. The minimum Gasteiger partial charge on any atom is -0.480 e. The molecule has 2 rings (SSSR count). The summed E-state index contributed by atoms with van der Waals surface area (Å²) in [4.78, 5) is 20.8. The van der Waals surface area contributed by atoms with E-state index in [0.29, 0.717) is 18.5 Å². The van der Waals surface area contributed by atoms with Crippen LogP contribution in [0.3, 0.4) is 0 Å². The molecule has 0 spiro atoms. The Labute approximate surface area is 146 Å². The van der Waals surface area contributed by atoms with Crippen molar-refractivity contribution in [3.05, 3.63) is 65.7 Å². The molecule has 0 heterocycles. The van der Waals surface area contributed by atoms with E-state index in [0.717, 1.165) is 11.1 Å². The normalized spacial score (nSPS) is 12.4. The van der Waals surface area contributed by atoms with Crippen LogP contribution in [0.2, 0.25) is 0 Å². The number of hydrogen-bond donors (Lipinski definition) is 5. The van der Waals surface area contributed by atoms with Crippen LogP contribution in [-0.2, 0) is 22.4 Å². The molecule has 0 saturated heterocycles. The maximum absolute atomic E-state index is 10.4. The highest BCUT2D eigenvalue weighted by Gasteiger charge is 2.11. The lowest BCUT2D eigenvalue weighted by molar-refractivity contribution is -0.139. The number of benzene rings is 2. The molecule has 2 aromatic rings. The van der Waals surface area contributed by atoms with Gasteiger partial charge in [-0.05, 0) is 36.1 Å². The SMILES string of the molecule is N[C@@H](Cc1ccccc1)C(=O)O.Nc1ccc(C[C@H](N)C(=O)O)cc1. The van der Waals surface area contributed by atoms with Gasteiger partial charge in [-0.2, -0.15) is 0 Å². The number of aliphatic carboxylic acids is 2. The average molecular weight is 345 g/mol. The average Bonchev–Trinajstić information content (AvgIpc) is 2.58. The van der Waals surface area contributed by atoms with E-state index in [1.807, 2.05) is 30.3 Å². The molecule has 25 heavy (non-hydrogen) atoms. The number of hydrogen-bond acceptors (Lipinski definition) is 5. The smallest absolute Gasteiger partial charge is 0.320 e. The molecule has 0 aliphatic heterocycles. The highest BCUT2D eigenvalue weighted by molar-refractivity contribution is 5.73. The van der Waals surface area contributed by atoms with Crippen LogP contribution in [0.1, 0.15) is 11.1 Å². The molecule has 0 aliphatic rings. The van der Waals surface area contributed by atoms with Crippen molar-refractivity contribution in [3.63, 3.8) is 0 Å². The van der Waals surface area contributed by atoms with Gasteiger partial charge < -0.3 is 27.4 Å². The van der Waals surface area contributed by atoms with Crippen molar-refractivity contribution in [2.75, 3.05) is 5.73 Å². The minimum atomic E-state index is -0.989. The quantitative estimate of drug-likeness (QED) is 0.487. The van der Waals surface area contributed by atoms with Crippen LogP contribution in [0.4, 0.5) is 5.69 Å². The molecular formula is C18H23N3O4. The molecule has 0 saturated carbocycles. The first-order chi connectivity index (χ1) is 11.8. The Balaban J connectivity index is 0.000000251. The molecule has 0 fully saturated rings. The van der Waals surface area contributed by atoms with Crippen LogP contribution < -0.4 is 17.2 Å². The zero-order valence-corrected chi connectivity index (χ0v) is 13.7. The molecular weight excluding hydrogens is 322 g/mol. The number of rotatable bonds is 6. The van der Waals surface area contributed by atoms with E-state index in [1.54, 1.807) is 24.3 Å². The Morgan fingerprint density at radius 1 is 0.760 bits per heavy atom. The van der Waals surface area contributed by atoms with Crippen molar-refractivity contribution in [2.45, 2.75) is 24.9 Å². The van der Waals surface area contributed by atoms with E-state index in [9.17, 15) is 9.59 Å². The number of nitrogens with two attached hydrogens (primary N) is 3. The van der Waals surface area contributed by atoms with Gasteiger partial charge in [-0.15, -0.1) is 0 Å². The summed E-state index contributed by atoms with van der Waals surface area (Å²) in [6.45, 7) is 0. The summed E-state index contributed by atoms with van der Waals surface area (Å²) < 4.78 is 0. The standard InChI is InChI=1S/C9H12N2O2.C9H11NO2/c10-7-3-1-6(2-4-7)5-8(11)9(12)13;10-8(9(11)12)6-7-4-2-1-3-5-7/h1-4,8H,5,10-11H2,(H,12,13);1-5,8H,6,10H2,(H,11,12)/t2*8-/m00/s1. The maximum Gasteiger partial charge on any atom is 0.320 e. The molecule has 7 nitrogen and oxygen atoms in total. The number of nitrogen functional groups attached to an aromatic ring is 1. The lowest BCUT2D eigenvalue weighted by atomic mass is 10.1. The molecule has 2 atom stereocenters. The summed E-state index contributed by atoms with van der Waals surface area (Å²) in [5.41, 5.74) is 18.7. The van der Waals surface area contributed by atoms with Crippen LogP contribution in [0, 0.1) is 0 Å². The lowest BCUT2D eigenvalue weighted by Gasteiger charge is -2.05. The van der Waals surface area contributed by atoms with Gasteiger partial charge in [0.1, 0.15) is 12.1 Å². The van der Waals surface area contributed by atoms with Gasteiger partial charge >= 0.3 is 11.9 Å². The molecule has 0 radical (unpaired) electrons. The Hall–Kier alpha value is -2.90. The summed E-state index contributed by atoms with van der Waals surface area (Å²) in [6, 6.07) is 14.7. The predicted octanol–water partition coefficient (Wildman–Crippen LogP) is 0.864. The topological polar surface area (TPSA) is 153 Å². The summed E-state index contributed by atoms with van der Waals surface area (Å²) in [5, 5.41) is 17.1. The summed E-state index contributed by atoms with van der Waals surface area (Å²) in [6.07, 6.45) is 0.714. The monoisotopic (exact) mass is 345 g/mol. The fourth-order valence-corrected chi connectivity index (χ4v) is 1.95. The molecule has 7 heteroatoms. The van der Waals surface area contributed by atoms with E-state index in [1.165, 1.54) is 0 Å².